The van der Waals surface area contributed by atoms with Crippen molar-refractivity contribution in [3.8, 4) is 5.82 Å². The standard InChI is InChI=1S/C23H30ClN5O2/c1-4-20(13-30)27-23-25-11-15(2)22(28-23)29-9-8-18(12-29)16(3)26-21(14-31)17-6-5-7-19(24)10-17/h5-12,16,20-21,26,30-31H,4,13-14H2,1-3H3,(H,25,27,28)/t16?,20-,21?/m0/s1. The Kier molecular flexibility index (Phi) is 8.03. The number of aromatic nitrogens is 3. The Bertz CT molecular complexity index is 990. The number of nitrogens with zero attached hydrogens (tertiary/aromatic N) is 3. The highest BCUT2D eigenvalue weighted by molar-refractivity contribution is 6.30. The van der Waals surface area contributed by atoms with Crippen LogP contribution in [0.15, 0.2) is 48.9 Å². The molecule has 3 rings (SSSR count). The molecule has 3 atom stereocenters. The quantitative estimate of drug-likeness (QED) is 0.380. The fourth-order valence-corrected chi connectivity index (χ4v) is 3.60. The molecular formula is C23H30ClN5O2. The van der Waals surface area contributed by atoms with E-state index in [1.807, 2.05) is 61.1 Å². The van der Waals surface area contributed by atoms with Crippen molar-refractivity contribution in [2.75, 3.05) is 18.5 Å². The molecule has 0 saturated heterocycles. The molecule has 8 heteroatoms. The van der Waals surface area contributed by atoms with Crippen LogP contribution in [0, 0.1) is 6.92 Å². The molecule has 0 bridgehead atoms. The normalized spacial score (nSPS) is 14.3. The van der Waals surface area contributed by atoms with Gasteiger partial charge in [0, 0.05) is 35.2 Å². The van der Waals surface area contributed by atoms with Gasteiger partial charge in [0.15, 0.2) is 0 Å². The van der Waals surface area contributed by atoms with Crippen molar-refractivity contribution in [2.24, 2.45) is 0 Å². The summed E-state index contributed by atoms with van der Waals surface area (Å²) in [5.74, 6) is 1.27. The van der Waals surface area contributed by atoms with Crippen LogP contribution in [0.4, 0.5) is 5.95 Å². The van der Waals surface area contributed by atoms with E-state index in [0.29, 0.717) is 11.0 Å². The van der Waals surface area contributed by atoms with E-state index in [1.165, 1.54) is 0 Å². The third kappa shape index (κ3) is 5.83. The Hall–Kier alpha value is -2.45. The van der Waals surface area contributed by atoms with Crippen LogP contribution in [0.3, 0.4) is 0 Å². The van der Waals surface area contributed by atoms with Gasteiger partial charge < -0.3 is 25.4 Å². The van der Waals surface area contributed by atoms with Gasteiger partial charge in [0.25, 0.3) is 0 Å². The predicted octanol–water partition coefficient (Wildman–Crippen LogP) is 3.80. The summed E-state index contributed by atoms with van der Waals surface area (Å²) >= 11 is 6.10. The van der Waals surface area contributed by atoms with Gasteiger partial charge in [-0.15, -0.1) is 0 Å². The van der Waals surface area contributed by atoms with Gasteiger partial charge in [0.05, 0.1) is 25.3 Å². The number of hydrogen-bond acceptors (Lipinski definition) is 6. The molecule has 166 valence electrons. The largest absolute Gasteiger partial charge is 0.394 e. The van der Waals surface area contributed by atoms with Crippen molar-refractivity contribution in [2.45, 2.75) is 45.3 Å². The maximum Gasteiger partial charge on any atom is 0.224 e. The molecule has 0 spiro atoms. The fourth-order valence-electron chi connectivity index (χ4n) is 3.40. The van der Waals surface area contributed by atoms with Gasteiger partial charge in [-0.1, -0.05) is 30.7 Å². The molecule has 2 unspecified atom stereocenters. The molecule has 1 aromatic carbocycles. The monoisotopic (exact) mass is 443 g/mol. The van der Waals surface area contributed by atoms with E-state index < -0.39 is 0 Å². The number of benzene rings is 1. The minimum absolute atomic E-state index is 0.00372. The number of nitrogens with one attached hydrogen (secondary N) is 2. The Balaban J connectivity index is 1.77. The second kappa shape index (κ2) is 10.7. The Morgan fingerprint density at radius 2 is 1.97 bits per heavy atom. The first-order chi connectivity index (χ1) is 14.9. The highest BCUT2D eigenvalue weighted by Gasteiger charge is 2.17. The number of aryl methyl sites for hydroxylation is 1. The van der Waals surface area contributed by atoms with Gasteiger partial charge in [-0.05, 0) is 49.6 Å². The minimum atomic E-state index is -0.224. The van der Waals surface area contributed by atoms with Crippen LogP contribution in [0.25, 0.3) is 5.82 Å². The SMILES string of the molecule is CC[C@@H](CO)Nc1ncc(C)c(-n2ccc(C(C)NC(CO)c3cccc(Cl)c3)c2)n1. The first-order valence-electron chi connectivity index (χ1n) is 10.5. The summed E-state index contributed by atoms with van der Waals surface area (Å²) in [5, 5.41) is 26.6. The minimum Gasteiger partial charge on any atom is -0.394 e. The molecule has 0 aliphatic rings. The molecule has 4 N–H and O–H groups in total. The summed E-state index contributed by atoms with van der Waals surface area (Å²) in [6.45, 7) is 6.01. The van der Waals surface area contributed by atoms with Gasteiger partial charge in [-0.25, -0.2) is 4.98 Å². The summed E-state index contributed by atoms with van der Waals surface area (Å²) < 4.78 is 1.96. The lowest BCUT2D eigenvalue weighted by Crippen LogP contribution is -2.27. The third-order valence-corrected chi connectivity index (χ3v) is 5.57. The molecule has 3 aromatic rings. The molecule has 0 aliphatic carbocycles. The number of aliphatic hydroxyl groups excluding tert-OH is 2. The molecule has 0 radical (unpaired) electrons. The second-order valence-corrected chi connectivity index (χ2v) is 8.10. The van der Waals surface area contributed by atoms with Crippen LogP contribution >= 0.6 is 11.6 Å². The Morgan fingerprint density at radius 1 is 1.16 bits per heavy atom. The smallest absolute Gasteiger partial charge is 0.224 e. The van der Waals surface area contributed by atoms with Crippen molar-refractivity contribution in [1.29, 1.82) is 0 Å². The van der Waals surface area contributed by atoms with E-state index in [2.05, 4.69) is 27.5 Å². The van der Waals surface area contributed by atoms with Gasteiger partial charge >= 0.3 is 0 Å². The van der Waals surface area contributed by atoms with Crippen LogP contribution < -0.4 is 10.6 Å². The lowest BCUT2D eigenvalue weighted by molar-refractivity contribution is 0.235. The molecule has 0 fully saturated rings. The van der Waals surface area contributed by atoms with Crippen LogP contribution in [-0.2, 0) is 0 Å². The highest BCUT2D eigenvalue weighted by Crippen LogP contribution is 2.23. The number of anilines is 1. The first kappa shape index (κ1) is 23.2. The number of aliphatic hydroxyl groups is 2. The van der Waals surface area contributed by atoms with Crippen molar-refractivity contribution in [1.82, 2.24) is 19.9 Å². The Labute approximate surface area is 188 Å². The Morgan fingerprint density at radius 3 is 2.65 bits per heavy atom. The lowest BCUT2D eigenvalue weighted by atomic mass is 10.1. The molecular weight excluding hydrogens is 414 g/mol. The van der Waals surface area contributed by atoms with Crippen molar-refractivity contribution in [3.05, 3.63) is 70.6 Å². The summed E-state index contributed by atoms with van der Waals surface area (Å²) in [5.41, 5.74) is 2.95. The fraction of sp³-hybridized carbons (Fsp3) is 0.391. The molecule has 0 aliphatic heterocycles. The van der Waals surface area contributed by atoms with E-state index >= 15 is 0 Å². The molecule has 31 heavy (non-hydrogen) atoms. The van der Waals surface area contributed by atoms with Gasteiger partial charge in [-0.3, -0.25) is 0 Å². The summed E-state index contributed by atoms with van der Waals surface area (Å²) in [6, 6.07) is 9.23. The number of halogens is 1. The summed E-state index contributed by atoms with van der Waals surface area (Å²) in [6.07, 6.45) is 6.53. The van der Waals surface area contributed by atoms with E-state index in [-0.39, 0.29) is 31.3 Å². The van der Waals surface area contributed by atoms with Crippen LogP contribution in [0.1, 0.15) is 49.0 Å². The van der Waals surface area contributed by atoms with Gasteiger partial charge in [-0.2, -0.15) is 4.98 Å². The van der Waals surface area contributed by atoms with Crippen LogP contribution in [0.5, 0.6) is 0 Å². The first-order valence-corrected chi connectivity index (χ1v) is 10.8. The molecule has 0 amide bonds. The zero-order valence-electron chi connectivity index (χ0n) is 18.1. The van der Waals surface area contributed by atoms with Crippen molar-refractivity contribution in [3.63, 3.8) is 0 Å². The second-order valence-electron chi connectivity index (χ2n) is 7.66. The van der Waals surface area contributed by atoms with Gasteiger partial charge in [0.2, 0.25) is 5.95 Å². The van der Waals surface area contributed by atoms with Crippen LogP contribution in [0.2, 0.25) is 5.02 Å². The number of rotatable bonds is 10. The molecule has 2 heterocycles. The molecule has 0 saturated carbocycles. The van der Waals surface area contributed by atoms with Crippen molar-refractivity contribution >= 4 is 17.5 Å². The zero-order valence-corrected chi connectivity index (χ0v) is 18.8. The molecule has 7 nitrogen and oxygen atoms in total. The maximum absolute atomic E-state index is 9.88. The predicted molar refractivity (Wildman–Crippen MR) is 124 cm³/mol. The average Bonchev–Trinajstić information content (AvgIpc) is 3.27. The summed E-state index contributed by atoms with van der Waals surface area (Å²) in [7, 11) is 0. The highest BCUT2D eigenvalue weighted by atomic mass is 35.5. The van der Waals surface area contributed by atoms with Crippen LogP contribution in [-0.4, -0.2) is 44.0 Å². The van der Waals surface area contributed by atoms with E-state index in [0.717, 1.165) is 28.9 Å². The van der Waals surface area contributed by atoms with E-state index in [9.17, 15) is 10.2 Å². The topological polar surface area (TPSA) is 95.2 Å². The average molecular weight is 444 g/mol. The zero-order chi connectivity index (χ0) is 22.4. The van der Waals surface area contributed by atoms with E-state index in [4.69, 9.17) is 11.6 Å². The number of hydrogen-bond donors (Lipinski definition) is 4. The molecule has 2 aromatic heterocycles. The summed E-state index contributed by atoms with van der Waals surface area (Å²) in [4.78, 5) is 8.98. The van der Waals surface area contributed by atoms with E-state index in [1.54, 1.807) is 6.20 Å². The maximum atomic E-state index is 9.88. The third-order valence-electron chi connectivity index (χ3n) is 5.34. The van der Waals surface area contributed by atoms with Gasteiger partial charge in [0.1, 0.15) is 5.82 Å². The van der Waals surface area contributed by atoms with Crippen molar-refractivity contribution < 1.29 is 10.2 Å². The lowest BCUT2D eigenvalue weighted by Gasteiger charge is -2.22.